The normalized spacial score (nSPS) is 10.5. The zero-order valence-corrected chi connectivity index (χ0v) is 13.2. The van der Waals surface area contributed by atoms with E-state index >= 15 is 0 Å². The molecule has 23 heavy (non-hydrogen) atoms. The van der Waals surface area contributed by atoms with Crippen molar-refractivity contribution in [2.24, 2.45) is 0 Å². The molecule has 0 radical (unpaired) electrons. The van der Waals surface area contributed by atoms with E-state index in [2.05, 4.69) is 29.6 Å². The van der Waals surface area contributed by atoms with Gasteiger partial charge in [-0.2, -0.15) is 0 Å². The molecule has 3 heteroatoms. The van der Waals surface area contributed by atoms with Gasteiger partial charge in [-0.15, -0.1) is 0 Å². The molecule has 0 saturated heterocycles. The summed E-state index contributed by atoms with van der Waals surface area (Å²) in [6.07, 6.45) is 0. The number of carbonyl (C=O) groups excluding carboxylic acids is 1. The topological polar surface area (TPSA) is 32.3 Å². The van der Waals surface area contributed by atoms with Crippen LogP contribution in [0.15, 0.2) is 72.8 Å². The van der Waals surface area contributed by atoms with Crippen molar-refractivity contribution in [3.05, 3.63) is 78.4 Å². The van der Waals surface area contributed by atoms with Crippen molar-refractivity contribution in [3.63, 3.8) is 0 Å². The first-order chi connectivity index (χ1) is 11.2. The predicted molar refractivity (Wildman–Crippen MR) is 95.5 cm³/mol. The van der Waals surface area contributed by atoms with Gasteiger partial charge in [0.15, 0.2) is 0 Å². The Morgan fingerprint density at radius 3 is 2.39 bits per heavy atom. The van der Waals surface area contributed by atoms with Crippen LogP contribution in [0.25, 0.3) is 10.8 Å². The van der Waals surface area contributed by atoms with Crippen LogP contribution in [0.4, 0.5) is 5.69 Å². The molecular weight excluding hydrogens is 284 g/mol. The predicted octanol–water partition coefficient (Wildman–Crippen LogP) is 3.59. The minimum atomic E-state index is 0.0181. The third-order valence-corrected chi connectivity index (χ3v) is 3.89. The summed E-state index contributed by atoms with van der Waals surface area (Å²) in [7, 11) is 1.94. The third kappa shape index (κ3) is 3.89. The lowest BCUT2D eigenvalue weighted by atomic mass is 10.1. The lowest BCUT2D eigenvalue weighted by Crippen LogP contribution is -2.34. The van der Waals surface area contributed by atoms with Gasteiger partial charge in [0.2, 0.25) is 5.91 Å². The molecule has 0 fully saturated rings. The highest BCUT2D eigenvalue weighted by atomic mass is 16.2. The highest BCUT2D eigenvalue weighted by Crippen LogP contribution is 2.21. The fraction of sp³-hybridized carbons (Fsp3) is 0.150. The second-order valence-electron chi connectivity index (χ2n) is 5.65. The number of nitrogens with one attached hydrogen (secondary N) is 1. The number of hydrogen-bond donors (Lipinski definition) is 1. The van der Waals surface area contributed by atoms with Crippen LogP contribution in [0, 0.1) is 0 Å². The van der Waals surface area contributed by atoms with E-state index in [4.69, 9.17) is 0 Å². The first-order valence-electron chi connectivity index (χ1n) is 7.73. The third-order valence-electron chi connectivity index (χ3n) is 3.89. The van der Waals surface area contributed by atoms with Gasteiger partial charge in [0.1, 0.15) is 0 Å². The standard InChI is InChI=1S/C20H20N2O/c1-22(15-20(23)21-14-16-7-3-2-4-8-16)19-12-11-17-9-5-6-10-18(17)13-19/h2-13H,14-15H2,1H3,(H,21,23). The van der Waals surface area contributed by atoms with Gasteiger partial charge in [-0.05, 0) is 28.5 Å². The Hall–Kier alpha value is -2.81. The zero-order valence-electron chi connectivity index (χ0n) is 13.2. The Balaban J connectivity index is 1.61. The number of hydrogen-bond acceptors (Lipinski definition) is 2. The quantitative estimate of drug-likeness (QED) is 0.781. The van der Waals surface area contributed by atoms with E-state index in [1.54, 1.807) is 0 Å². The fourth-order valence-electron chi connectivity index (χ4n) is 2.57. The van der Waals surface area contributed by atoms with E-state index in [0.29, 0.717) is 13.1 Å². The molecule has 3 aromatic carbocycles. The molecule has 116 valence electrons. The van der Waals surface area contributed by atoms with Crippen LogP contribution in [0.5, 0.6) is 0 Å². The fourth-order valence-corrected chi connectivity index (χ4v) is 2.57. The maximum atomic E-state index is 12.1. The number of anilines is 1. The number of fused-ring (bicyclic) bond motifs is 1. The molecule has 1 N–H and O–H groups in total. The smallest absolute Gasteiger partial charge is 0.239 e. The van der Waals surface area contributed by atoms with Gasteiger partial charge in [-0.25, -0.2) is 0 Å². The second kappa shape index (κ2) is 6.97. The maximum absolute atomic E-state index is 12.1. The number of carbonyl (C=O) groups is 1. The van der Waals surface area contributed by atoms with E-state index in [9.17, 15) is 4.79 Å². The van der Waals surface area contributed by atoms with Gasteiger partial charge in [0, 0.05) is 19.3 Å². The molecule has 0 saturated carbocycles. The molecule has 3 aromatic rings. The first kappa shape index (κ1) is 15.1. The van der Waals surface area contributed by atoms with Crippen LogP contribution in [-0.4, -0.2) is 19.5 Å². The molecule has 3 nitrogen and oxygen atoms in total. The van der Waals surface area contributed by atoms with Gasteiger partial charge in [0.05, 0.1) is 6.54 Å². The largest absolute Gasteiger partial charge is 0.365 e. The van der Waals surface area contributed by atoms with Crippen LogP contribution in [0.3, 0.4) is 0 Å². The van der Waals surface area contributed by atoms with E-state index in [-0.39, 0.29) is 5.91 Å². The van der Waals surface area contributed by atoms with Gasteiger partial charge >= 0.3 is 0 Å². The van der Waals surface area contributed by atoms with Gasteiger partial charge < -0.3 is 10.2 Å². The van der Waals surface area contributed by atoms with Crippen LogP contribution in [0.2, 0.25) is 0 Å². The molecule has 0 aliphatic rings. The zero-order chi connectivity index (χ0) is 16.1. The highest BCUT2D eigenvalue weighted by Gasteiger charge is 2.08. The Bertz CT molecular complexity index is 799. The summed E-state index contributed by atoms with van der Waals surface area (Å²) in [4.78, 5) is 14.1. The van der Waals surface area contributed by atoms with Crippen molar-refractivity contribution in [2.75, 3.05) is 18.5 Å². The van der Waals surface area contributed by atoms with Crippen molar-refractivity contribution in [1.82, 2.24) is 5.32 Å². The summed E-state index contributed by atoms with van der Waals surface area (Å²) >= 11 is 0. The summed E-state index contributed by atoms with van der Waals surface area (Å²) in [6, 6.07) is 24.4. The van der Waals surface area contributed by atoms with E-state index in [1.165, 1.54) is 10.8 Å². The summed E-state index contributed by atoms with van der Waals surface area (Å²) < 4.78 is 0. The first-order valence-corrected chi connectivity index (χ1v) is 7.73. The van der Waals surface area contributed by atoms with Crippen LogP contribution < -0.4 is 10.2 Å². The minimum Gasteiger partial charge on any atom is -0.365 e. The van der Waals surface area contributed by atoms with Gasteiger partial charge in [-0.3, -0.25) is 4.79 Å². The van der Waals surface area contributed by atoms with E-state index < -0.39 is 0 Å². The Labute approximate surface area is 136 Å². The molecule has 0 atom stereocenters. The Morgan fingerprint density at radius 2 is 1.61 bits per heavy atom. The molecule has 0 aliphatic heterocycles. The molecule has 0 aliphatic carbocycles. The lowest BCUT2D eigenvalue weighted by molar-refractivity contribution is -0.119. The second-order valence-corrected chi connectivity index (χ2v) is 5.65. The monoisotopic (exact) mass is 304 g/mol. The molecule has 1 amide bonds. The van der Waals surface area contributed by atoms with Crippen molar-refractivity contribution >= 4 is 22.4 Å². The van der Waals surface area contributed by atoms with Crippen LogP contribution in [0.1, 0.15) is 5.56 Å². The summed E-state index contributed by atoms with van der Waals surface area (Å²) in [5, 5.41) is 5.34. The number of likely N-dealkylation sites (N-methyl/N-ethyl adjacent to an activating group) is 1. The summed E-state index contributed by atoms with van der Waals surface area (Å²) in [5.41, 5.74) is 2.15. The van der Waals surface area contributed by atoms with E-state index in [0.717, 1.165) is 11.3 Å². The number of amides is 1. The van der Waals surface area contributed by atoms with Crippen molar-refractivity contribution in [1.29, 1.82) is 0 Å². The molecule has 0 spiro atoms. The van der Waals surface area contributed by atoms with Gasteiger partial charge in [-0.1, -0.05) is 60.7 Å². The van der Waals surface area contributed by atoms with E-state index in [1.807, 2.05) is 60.5 Å². The van der Waals surface area contributed by atoms with Crippen molar-refractivity contribution in [2.45, 2.75) is 6.54 Å². The van der Waals surface area contributed by atoms with Crippen molar-refractivity contribution < 1.29 is 4.79 Å². The maximum Gasteiger partial charge on any atom is 0.239 e. The lowest BCUT2D eigenvalue weighted by Gasteiger charge is -2.19. The van der Waals surface area contributed by atoms with Crippen LogP contribution in [-0.2, 0) is 11.3 Å². The average molecular weight is 304 g/mol. The highest BCUT2D eigenvalue weighted by molar-refractivity contribution is 5.87. The SMILES string of the molecule is CN(CC(=O)NCc1ccccc1)c1ccc2ccccc2c1. The molecule has 0 unspecified atom stereocenters. The molecule has 0 heterocycles. The number of nitrogens with zero attached hydrogens (tertiary/aromatic N) is 1. The number of rotatable bonds is 5. The minimum absolute atomic E-state index is 0.0181. The molecular formula is C20H20N2O. The average Bonchev–Trinajstić information content (AvgIpc) is 2.60. The number of benzene rings is 3. The van der Waals surface area contributed by atoms with Crippen LogP contribution >= 0.6 is 0 Å². The molecule has 0 bridgehead atoms. The molecule has 0 aromatic heterocycles. The molecule has 3 rings (SSSR count). The summed E-state index contributed by atoms with van der Waals surface area (Å²) in [5.74, 6) is 0.0181. The Morgan fingerprint density at radius 1 is 0.913 bits per heavy atom. The Kier molecular flexibility index (Phi) is 4.57. The summed E-state index contributed by atoms with van der Waals surface area (Å²) in [6.45, 7) is 0.899. The van der Waals surface area contributed by atoms with Gasteiger partial charge in [0.25, 0.3) is 0 Å². The van der Waals surface area contributed by atoms with Crippen molar-refractivity contribution in [3.8, 4) is 0 Å².